The number of imidazole rings is 1. The number of benzene rings is 1. The number of ether oxygens (including phenoxy) is 1. The van der Waals surface area contributed by atoms with E-state index >= 15 is 0 Å². The maximum atomic E-state index is 12.3. The lowest BCUT2D eigenvalue weighted by Gasteiger charge is -2.08. The summed E-state index contributed by atoms with van der Waals surface area (Å²) in [7, 11) is 0. The van der Waals surface area contributed by atoms with Crippen molar-refractivity contribution in [2.75, 3.05) is 0 Å². The molecule has 28 heavy (non-hydrogen) atoms. The van der Waals surface area contributed by atoms with Gasteiger partial charge in [0.1, 0.15) is 23.7 Å². The van der Waals surface area contributed by atoms with Crippen molar-refractivity contribution in [3.05, 3.63) is 90.1 Å². The molecule has 0 radical (unpaired) electrons. The number of hydrogen-bond donors (Lipinski definition) is 3. The largest absolute Gasteiger partial charge is 0.487 e. The van der Waals surface area contributed by atoms with E-state index in [1.165, 1.54) is 0 Å². The molecule has 0 aliphatic heterocycles. The minimum Gasteiger partial charge on any atom is -0.487 e. The Morgan fingerprint density at radius 2 is 1.93 bits per heavy atom. The summed E-state index contributed by atoms with van der Waals surface area (Å²) in [6.07, 6.45) is 5.43. The SMILES string of the molecule is O=C(NNC(=O)c1ccc[nH]1)c1cccc(OCc2cn3ccccc3n2)c1. The van der Waals surface area contributed by atoms with Gasteiger partial charge in [-0.15, -0.1) is 0 Å². The third kappa shape index (κ3) is 3.85. The summed E-state index contributed by atoms with van der Waals surface area (Å²) < 4.78 is 7.66. The standard InChI is InChI=1S/C20H17N5O3/c26-19(23-24-20(27)17-7-4-9-21-17)14-5-3-6-16(11-14)28-13-15-12-25-10-2-1-8-18(25)22-15/h1-12,21H,13H2,(H,23,26)(H,24,27). The van der Waals surface area contributed by atoms with Crippen molar-refractivity contribution in [2.24, 2.45) is 0 Å². The summed E-state index contributed by atoms with van der Waals surface area (Å²) in [6, 6.07) is 15.8. The van der Waals surface area contributed by atoms with Gasteiger partial charge in [0.25, 0.3) is 11.8 Å². The molecule has 0 aliphatic rings. The molecule has 0 aliphatic carbocycles. The average Bonchev–Trinajstić information content (AvgIpc) is 3.40. The van der Waals surface area contributed by atoms with Crippen LogP contribution >= 0.6 is 0 Å². The van der Waals surface area contributed by atoms with Crippen LogP contribution < -0.4 is 15.6 Å². The Balaban J connectivity index is 1.36. The van der Waals surface area contributed by atoms with Crippen LogP contribution in [0.3, 0.4) is 0 Å². The van der Waals surface area contributed by atoms with Crippen LogP contribution in [0.25, 0.3) is 5.65 Å². The molecule has 2 amide bonds. The molecule has 0 unspecified atom stereocenters. The van der Waals surface area contributed by atoms with Gasteiger partial charge in [0.05, 0.1) is 5.69 Å². The maximum absolute atomic E-state index is 12.3. The Bertz CT molecular complexity index is 1080. The summed E-state index contributed by atoms with van der Waals surface area (Å²) in [4.78, 5) is 31.3. The maximum Gasteiger partial charge on any atom is 0.286 e. The molecule has 3 aromatic heterocycles. The van der Waals surface area contributed by atoms with Crippen molar-refractivity contribution in [3.8, 4) is 5.75 Å². The van der Waals surface area contributed by atoms with E-state index in [-0.39, 0.29) is 6.61 Å². The number of H-pyrrole nitrogens is 1. The van der Waals surface area contributed by atoms with E-state index in [0.29, 0.717) is 17.0 Å². The fraction of sp³-hybridized carbons (Fsp3) is 0.0500. The van der Waals surface area contributed by atoms with Gasteiger partial charge in [0.2, 0.25) is 0 Å². The molecule has 3 N–H and O–H groups in total. The van der Waals surface area contributed by atoms with Gasteiger partial charge in [-0.25, -0.2) is 4.98 Å². The van der Waals surface area contributed by atoms with Gasteiger partial charge >= 0.3 is 0 Å². The normalized spacial score (nSPS) is 10.6. The highest BCUT2D eigenvalue weighted by Gasteiger charge is 2.10. The van der Waals surface area contributed by atoms with Crippen LogP contribution in [0.15, 0.2) is 73.2 Å². The lowest BCUT2D eigenvalue weighted by atomic mass is 10.2. The monoisotopic (exact) mass is 375 g/mol. The number of carbonyl (C=O) groups excluding carboxylic acids is 2. The van der Waals surface area contributed by atoms with Gasteiger partial charge in [-0.2, -0.15) is 0 Å². The molecule has 1 aromatic carbocycles. The second-order valence-corrected chi connectivity index (χ2v) is 6.01. The molecule has 8 nitrogen and oxygen atoms in total. The lowest BCUT2D eigenvalue weighted by molar-refractivity contribution is 0.0844. The van der Waals surface area contributed by atoms with Crippen molar-refractivity contribution in [1.82, 2.24) is 25.2 Å². The Morgan fingerprint density at radius 1 is 1.04 bits per heavy atom. The Morgan fingerprint density at radius 3 is 2.75 bits per heavy atom. The third-order valence-corrected chi connectivity index (χ3v) is 4.03. The van der Waals surface area contributed by atoms with E-state index in [4.69, 9.17) is 4.74 Å². The third-order valence-electron chi connectivity index (χ3n) is 4.03. The molecule has 0 saturated carbocycles. The highest BCUT2D eigenvalue weighted by Crippen LogP contribution is 2.15. The summed E-state index contributed by atoms with van der Waals surface area (Å²) in [5.41, 5.74) is 7.06. The molecule has 0 bridgehead atoms. The van der Waals surface area contributed by atoms with Gasteiger partial charge in [-0.05, 0) is 42.5 Å². The Hall–Kier alpha value is -4.07. The van der Waals surface area contributed by atoms with Crippen molar-refractivity contribution >= 4 is 17.5 Å². The number of fused-ring (bicyclic) bond motifs is 1. The van der Waals surface area contributed by atoms with Crippen LogP contribution in [0, 0.1) is 0 Å². The van der Waals surface area contributed by atoms with Crippen molar-refractivity contribution in [2.45, 2.75) is 6.61 Å². The summed E-state index contributed by atoms with van der Waals surface area (Å²) in [5.74, 6) is -0.351. The zero-order valence-electron chi connectivity index (χ0n) is 14.8. The van der Waals surface area contributed by atoms with Gasteiger partial charge in [-0.3, -0.25) is 20.4 Å². The molecule has 4 aromatic rings. The van der Waals surface area contributed by atoms with Gasteiger partial charge < -0.3 is 14.1 Å². The fourth-order valence-electron chi connectivity index (χ4n) is 2.67. The van der Waals surface area contributed by atoms with E-state index in [1.807, 2.05) is 35.0 Å². The zero-order valence-corrected chi connectivity index (χ0v) is 14.8. The van der Waals surface area contributed by atoms with Gasteiger partial charge in [0.15, 0.2) is 0 Å². The predicted molar refractivity (Wildman–Crippen MR) is 102 cm³/mol. The quantitative estimate of drug-likeness (QED) is 0.466. The number of aromatic amines is 1. The molecular weight excluding hydrogens is 358 g/mol. The first-order chi connectivity index (χ1) is 13.7. The van der Waals surface area contributed by atoms with Crippen molar-refractivity contribution in [1.29, 1.82) is 0 Å². The van der Waals surface area contributed by atoms with Crippen LogP contribution in [-0.2, 0) is 6.61 Å². The number of pyridine rings is 1. The number of carbonyl (C=O) groups is 2. The van der Waals surface area contributed by atoms with Crippen LogP contribution in [0.4, 0.5) is 0 Å². The van der Waals surface area contributed by atoms with E-state index in [0.717, 1.165) is 11.3 Å². The number of amides is 2. The number of rotatable bonds is 5. The number of nitrogens with one attached hydrogen (secondary N) is 3. The lowest BCUT2D eigenvalue weighted by Crippen LogP contribution is -2.41. The molecule has 4 rings (SSSR count). The first kappa shape index (κ1) is 17.3. The van der Waals surface area contributed by atoms with Crippen molar-refractivity contribution < 1.29 is 14.3 Å². The molecule has 3 heterocycles. The average molecular weight is 375 g/mol. The minimum atomic E-state index is -0.446. The smallest absolute Gasteiger partial charge is 0.286 e. The van der Waals surface area contributed by atoms with Crippen molar-refractivity contribution in [3.63, 3.8) is 0 Å². The van der Waals surface area contributed by atoms with E-state index < -0.39 is 11.8 Å². The van der Waals surface area contributed by atoms with Gasteiger partial charge in [-0.1, -0.05) is 12.1 Å². The second kappa shape index (κ2) is 7.67. The molecule has 0 atom stereocenters. The molecule has 0 fully saturated rings. The summed E-state index contributed by atoms with van der Waals surface area (Å²) >= 11 is 0. The number of nitrogens with zero attached hydrogens (tertiary/aromatic N) is 2. The molecule has 0 saturated heterocycles. The van der Waals surface area contributed by atoms with Crippen LogP contribution in [-0.4, -0.2) is 26.2 Å². The summed E-state index contributed by atoms with van der Waals surface area (Å²) in [6.45, 7) is 0.274. The highest BCUT2D eigenvalue weighted by molar-refractivity contribution is 5.98. The molecule has 140 valence electrons. The minimum absolute atomic E-state index is 0.274. The first-order valence-corrected chi connectivity index (χ1v) is 8.58. The van der Waals surface area contributed by atoms with E-state index in [2.05, 4.69) is 20.8 Å². The Labute approximate surface area is 160 Å². The van der Waals surface area contributed by atoms with Crippen LogP contribution in [0.1, 0.15) is 26.5 Å². The fourth-order valence-corrected chi connectivity index (χ4v) is 2.67. The zero-order chi connectivity index (χ0) is 19.3. The number of hydrogen-bond acceptors (Lipinski definition) is 4. The molecule has 0 spiro atoms. The summed E-state index contributed by atoms with van der Waals surface area (Å²) in [5, 5.41) is 0. The van der Waals surface area contributed by atoms with Gasteiger partial charge in [0, 0.05) is 24.2 Å². The predicted octanol–water partition coefficient (Wildman–Crippen LogP) is 2.32. The molecular formula is C20H17N5O3. The van der Waals surface area contributed by atoms with E-state index in [1.54, 1.807) is 42.6 Å². The number of aromatic nitrogens is 3. The second-order valence-electron chi connectivity index (χ2n) is 6.01. The van der Waals surface area contributed by atoms with E-state index in [9.17, 15) is 9.59 Å². The highest BCUT2D eigenvalue weighted by atomic mass is 16.5. The first-order valence-electron chi connectivity index (χ1n) is 8.58. The topological polar surface area (TPSA) is 101 Å². The van der Waals surface area contributed by atoms with Crippen LogP contribution in [0.2, 0.25) is 0 Å². The Kier molecular flexibility index (Phi) is 4.75. The number of hydrazine groups is 1. The molecule has 8 heteroatoms. The van der Waals surface area contributed by atoms with Crippen LogP contribution in [0.5, 0.6) is 5.75 Å².